The van der Waals surface area contributed by atoms with E-state index in [1.165, 1.54) is 5.56 Å². The summed E-state index contributed by atoms with van der Waals surface area (Å²) < 4.78 is 11.6. The molecule has 1 atom stereocenters. The lowest BCUT2D eigenvalue weighted by molar-refractivity contribution is 0.0314. The lowest BCUT2D eigenvalue weighted by Gasteiger charge is -2.31. The molecule has 0 N–H and O–H groups in total. The number of amides is 1. The van der Waals surface area contributed by atoms with Gasteiger partial charge in [-0.05, 0) is 53.6 Å². The Bertz CT molecular complexity index is 1330. The zero-order valence-electron chi connectivity index (χ0n) is 21.3. The molecule has 0 radical (unpaired) electrons. The summed E-state index contributed by atoms with van der Waals surface area (Å²) in [5, 5.41) is 0.533. The van der Waals surface area contributed by atoms with Crippen molar-refractivity contribution in [3.8, 4) is 0 Å². The number of rotatable bonds is 4. The molecule has 2 aliphatic rings. The zero-order chi connectivity index (χ0) is 24.9. The van der Waals surface area contributed by atoms with Gasteiger partial charge in [0, 0.05) is 26.2 Å². The highest BCUT2D eigenvalue weighted by Gasteiger charge is 2.42. The minimum absolute atomic E-state index is 0.0164. The van der Waals surface area contributed by atoms with Crippen LogP contribution in [0.1, 0.15) is 65.2 Å². The van der Waals surface area contributed by atoms with Gasteiger partial charge < -0.3 is 14.1 Å². The van der Waals surface area contributed by atoms with Crippen LogP contribution in [0.4, 0.5) is 0 Å². The number of hydrogen-bond acceptors (Lipinski definition) is 5. The highest BCUT2D eigenvalue weighted by Crippen LogP contribution is 2.39. The largest absolute Gasteiger partial charge is 0.450 e. The summed E-state index contributed by atoms with van der Waals surface area (Å²) in [7, 11) is 0. The summed E-state index contributed by atoms with van der Waals surface area (Å²) in [5.41, 5.74) is 5.04. The van der Waals surface area contributed by atoms with E-state index < -0.39 is 6.04 Å². The van der Waals surface area contributed by atoms with Gasteiger partial charge in [-0.1, -0.05) is 45.0 Å². The highest BCUT2D eigenvalue weighted by atomic mass is 16.5. The zero-order valence-corrected chi connectivity index (χ0v) is 21.3. The third kappa shape index (κ3) is 4.30. The fourth-order valence-corrected chi connectivity index (χ4v) is 5.09. The smallest absolute Gasteiger partial charge is 0.290 e. The lowest BCUT2D eigenvalue weighted by atomic mass is 9.86. The standard InChI is InChI=1S/C29H34N2O4/c1-18-16-22-23(17-19(18)2)35-27-24(26(22)32)25(20-6-8-21(9-7-20)29(3,4)5)31(28(27)33)11-10-30-12-14-34-15-13-30/h6-9,16-17,25H,10-15H2,1-5H3. The first kappa shape index (κ1) is 23.8. The first-order chi connectivity index (χ1) is 16.6. The second kappa shape index (κ2) is 8.92. The van der Waals surface area contributed by atoms with Gasteiger partial charge in [0.25, 0.3) is 5.91 Å². The number of ether oxygens (including phenoxy) is 1. The molecule has 1 saturated heterocycles. The predicted octanol–water partition coefficient (Wildman–Crippen LogP) is 4.58. The number of morpholine rings is 1. The van der Waals surface area contributed by atoms with Crippen molar-refractivity contribution >= 4 is 16.9 Å². The SMILES string of the molecule is Cc1cc2oc3c(c(=O)c2cc1C)C(c1ccc(C(C)(C)C)cc1)N(CCN1CCOCC1)C3=O. The van der Waals surface area contributed by atoms with Crippen molar-refractivity contribution in [1.29, 1.82) is 0 Å². The van der Waals surface area contributed by atoms with Crippen molar-refractivity contribution < 1.29 is 13.9 Å². The van der Waals surface area contributed by atoms with E-state index in [0.29, 0.717) is 36.3 Å². The molecule has 5 rings (SSSR count). The molecule has 3 heterocycles. The van der Waals surface area contributed by atoms with E-state index in [1.807, 2.05) is 30.9 Å². The summed E-state index contributed by atoms with van der Waals surface area (Å²) in [4.78, 5) is 31.6. The van der Waals surface area contributed by atoms with Gasteiger partial charge in [-0.2, -0.15) is 0 Å². The van der Waals surface area contributed by atoms with Gasteiger partial charge in [0.15, 0.2) is 5.43 Å². The summed E-state index contributed by atoms with van der Waals surface area (Å²) in [5.74, 6) is -0.0342. The van der Waals surface area contributed by atoms with Crippen LogP contribution in [0.2, 0.25) is 0 Å². The maximum absolute atomic E-state index is 13.8. The van der Waals surface area contributed by atoms with Gasteiger partial charge in [0.1, 0.15) is 5.58 Å². The normalized spacial score (nSPS) is 18.9. The Balaban J connectivity index is 1.61. The van der Waals surface area contributed by atoms with Crippen LogP contribution in [0.3, 0.4) is 0 Å². The molecule has 6 heteroatoms. The first-order valence-electron chi connectivity index (χ1n) is 12.4. The highest BCUT2D eigenvalue weighted by molar-refractivity contribution is 5.99. The fraction of sp³-hybridized carbons (Fsp3) is 0.448. The van der Waals surface area contributed by atoms with Gasteiger partial charge in [-0.25, -0.2) is 0 Å². The summed E-state index contributed by atoms with van der Waals surface area (Å²) in [6.07, 6.45) is 0. The topological polar surface area (TPSA) is 63.0 Å². The molecule has 184 valence electrons. The summed E-state index contributed by atoms with van der Waals surface area (Å²) in [6, 6.07) is 11.6. The summed E-state index contributed by atoms with van der Waals surface area (Å²) in [6.45, 7) is 14.9. The maximum atomic E-state index is 13.8. The van der Waals surface area contributed by atoms with Gasteiger partial charge in [0.05, 0.1) is 30.2 Å². The van der Waals surface area contributed by atoms with Crippen LogP contribution < -0.4 is 5.43 Å². The number of fused-ring (bicyclic) bond motifs is 2. The molecule has 35 heavy (non-hydrogen) atoms. The van der Waals surface area contributed by atoms with Crippen LogP contribution in [0.25, 0.3) is 11.0 Å². The Kier molecular flexibility index (Phi) is 6.06. The molecule has 2 aromatic carbocycles. The average molecular weight is 475 g/mol. The van der Waals surface area contributed by atoms with E-state index in [4.69, 9.17) is 9.15 Å². The van der Waals surface area contributed by atoms with Gasteiger partial charge >= 0.3 is 0 Å². The Morgan fingerprint density at radius 1 is 0.943 bits per heavy atom. The van der Waals surface area contributed by atoms with Crippen LogP contribution in [0.15, 0.2) is 45.6 Å². The molecule has 6 nitrogen and oxygen atoms in total. The second-order valence-corrected chi connectivity index (χ2v) is 10.8. The number of carbonyl (C=O) groups is 1. The molecular weight excluding hydrogens is 440 g/mol. The fourth-order valence-electron chi connectivity index (χ4n) is 5.09. The molecule has 2 aliphatic heterocycles. The maximum Gasteiger partial charge on any atom is 0.290 e. The Morgan fingerprint density at radius 3 is 2.26 bits per heavy atom. The van der Waals surface area contributed by atoms with Crippen molar-refractivity contribution in [1.82, 2.24) is 9.80 Å². The first-order valence-corrected chi connectivity index (χ1v) is 12.4. The molecule has 0 saturated carbocycles. The second-order valence-electron chi connectivity index (χ2n) is 10.8. The van der Waals surface area contributed by atoms with Crippen molar-refractivity contribution in [3.63, 3.8) is 0 Å². The molecule has 1 aromatic heterocycles. The number of hydrogen-bond donors (Lipinski definition) is 0. The third-order valence-electron chi connectivity index (χ3n) is 7.44. The molecule has 0 spiro atoms. The quantitative estimate of drug-likeness (QED) is 0.554. The molecule has 0 aliphatic carbocycles. The van der Waals surface area contributed by atoms with Crippen LogP contribution >= 0.6 is 0 Å². The van der Waals surface area contributed by atoms with Crippen molar-refractivity contribution in [2.24, 2.45) is 0 Å². The van der Waals surface area contributed by atoms with Crippen LogP contribution in [0, 0.1) is 13.8 Å². The van der Waals surface area contributed by atoms with Gasteiger partial charge in [-0.15, -0.1) is 0 Å². The van der Waals surface area contributed by atoms with Crippen molar-refractivity contribution in [2.75, 3.05) is 39.4 Å². The number of nitrogens with zero attached hydrogens (tertiary/aromatic N) is 2. The van der Waals surface area contributed by atoms with Gasteiger partial charge in [0.2, 0.25) is 5.76 Å². The minimum Gasteiger partial charge on any atom is -0.450 e. The summed E-state index contributed by atoms with van der Waals surface area (Å²) >= 11 is 0. The minimum atomic E-state index is -0.463. The Labute approximate surface area is 206 Å². The molecule has 1 unspecified atom stereocenters. The third-order valence-corrected chi connectivity index (χ3v) is 7.44. The van der Waals surface area contributed by atoms with Crippen LogP contribution in [-0.2, 0) is 10.2 Å². The van der Waals surface area contributed by atoms with Crippen LogP contribution in [-0.4, -0.2) is 55.1 Å². The van der Waals surface area contributed by atoms with Crippen LogP contribution in [0.5, 0.6) is 0 Å². The molecule has 3 aromatic rings. The van der Waals surface area contributed by atoms with Gasteiger partial charge in [-0.3, -0.25) is 14.5 Å². The molecule has 1 fully saturated rings. The monoisotopic (exact) mass is 474 g/mol. The number of carbonyl (C=O) groups excluding carboxylic acids is 1. The van der Waals surface area contributed by atoms with E-state index in [0.717, 1.165) is 36.3 Å². The van der Waals surface area contributed by atoms with E-state index in [-0.39, 0.29) is 22.5 Å². The molecule has 1 amide bonds. The van der Waals surface area contributed by atoms with E-state index >= 15 is 0 Å². The van der Waals surface area contributed by atoms with Crippen molar-refractivity contribution in [3.05, 3.63) is 80.2 Å². The Morgan fingerprint density at radius 2 is 1.60 bits per heavy atom. The van der Waals surface area contributed by atoms with E-state index in [1.54, 1.807) is 0 Å². The average Bonchev–Trinajstić information content (AvgIpc) is 3.11. The number of benzene rings is 2. The lowest BCUT2D eigenvalue weighted by Crippen LogP contribution is -2.42. The Hall–Kier alpha value is -2.96. The van der Waals surface area contributed by atoms with E-state index in [2.05, 4.69) is 49.9 Å². The molecular formula is C29H34N2O4. The predicted molar refractivity (Wildman–Crippen MR) is 137 cm³/mol. The molecule has 0 bridgehead atoms. The number of aryl methyl sites for hydroxylation is 2. The van der Waals surface area contributed by atoms with Crippen molar-refractivity contribution in [2.45, 2.75) is 46.1 Å². The van der Waals surface area contributed by atoms with E-state index in [9.17, 15) is 9.59 Å².